The summed E-state index contributed by atoms with van der Waals surface area (Å²) >= 11 is 6.56. The second-order valence-corrected chi connectivity index (χ2v) is 7.42. The SMILES string of the molecule is C=CC(=O)N1CCN(c2ncnc3c(OC)c(-c4c(O)cccc4F)c(Cl)cc23)CC1. The van der Waals surface area contributed by atoms with Crippen LogP contribution in [-0.4, -0.2) is 59.2 Å². The van der Waals surface area contributed by atoms with Gasteiger partial charge in [0.05, 0.1) is 23.3 Å². The highest BCUT2D eigenvalue weighted by Crippen LogP contribution is 2.46. The fourth-order valence-electron chi connectivity index (χ4n) is 3.84. The van der Waals surface area contributed by atoms with Crippen LogP contribution in [0.1, 0.15) is 0 Å². The third-order valence-electron chi connectivity index (χ3n) is 5.33. The number of nitrogens with zero attached hydrogens (tertiary/aromatic N) is 4. The maximum atomic E-state index is 14.6. The molecule has 31 heavy (non-hydrogen) atoms. The lowest BCUT2D eigenvalue weighted by Crippen LogP contribution is -2.48. The molecule has 0 saturated carbocycles. The van der Waals surface area contributed by atoms with Crippen molar-refractivity contribution in [2.24, 2.45) is 0 Å². The summed E-state index contributed by atoms with van der Waals surface area (Å²) < 4.78 is 20.2. The third kappa shape index (κ3) is 3.63. The Morgan fingerprint density at radius 1 is 1.26 bits per heavy atom. The van der Waals surface area contributed by atoms with E-state index in [1.165, 1.54) is 37.7 Å². The van der Waals surface area contributed by atoms with Gasteiger partial charge in [0, 0.05) is 31.6 Å². The Morgan fingerprint density at radius 2 is 2.00 bits per heavy atom. The van der Waals surface area contributed by atoms with Crippen molar-refractivity contribution in [2.45, 2.75) is 0 Å². The fraction of sp³-hybridized carbons (Fsp3) is 0.227. The fourth-order valence-corrected chi connectivity index (χ4v) is 4.13. The van der Waals surface area contributed by atoms with E-state index in [1.807, 2.05) is 4.90 Å². The van der Waals surface area contributed by atoms with Crippen LogP contribution in [0, 0.1) is 5.82 Å². The topological polar surface area (TPSA) is 78.8 Å². The van der Waals surface area contributed by atoms with Crippen LogP contribution in [-0.2, 0) is 4.79 Å². The highest BCUT2D eigenvalue weighted by molar-refractivity contribution is 6.35. The van der Waals surface area contributed by atoms with Gasteiger partial charge in [-0.2, -0.15) is 0 Å². The Labute approximate surface area is 183 Å². The molecule has 7 nitrogen and oxygen atoms in total. The molecule has 1 aromatic heterocycles. The molecular weight excluding hydrogens is 423 g/mol. The van der Waals surface area contributed by atoms with E-state index < -0.39 is 5.82 Å². The minimum absolute atomic E-state index is 0.0528. The molecule has 4 rings (SSSR count). The van der Waals surface area contributed by atoms with Crippen molar-refractivity contribution in [2.75, 3.05) is 38.2 Å². The van der Waals surface area contributed by atoms with E-state index in [1.54, 1.807) is 11.0 Å². The normalized spacial score (nSPS) is 14.0. The molecule has 1 N–H and O–H groups in total. The van der Waals surface area contributed by atoms with Crippen LogP contribution in [0.15, 0.2) is 43.2 Å². The Bertz CT molecular complexity index is 1160. The van der Waals surface area contributed by atoms with Crippen LogP contribution >= 0.6 is 11.6 Å². The molecule has 0 radical (unpaired) electrons. The van der Waals surface area contributed by atoms with Gasteiger partial charge in [0.15, 0.2) is 5.75 Å². The number of rotatable bonds is 4. The molecular formula is C22H20ClFN4O3. The average molecular weight is 443 g/mol. The van der Waals surface area contributed by atoms with E-state index in [0.717, 1.165) is 0 Å². The van der Waals surface area contributed by atoms with Gasteiger partial charge in [-0.3, -0.25) is 4.79 Å². The molecule has 1 amide bonds. The molecule has 2 aromatic carbocycles. The lowest BCUT2D eigenvalue weighted by Gasteiger charge is -2.35. The summed E-state index contributed by atoms with van der Waals surface area (Å²) in [5, 5.41) is 11.1. The summed E-state index contributed by atoms with van der Waals surface area (Å²) in [4.78, 5) is 24.4. The van der Waals surface area contributed by atoms with Gasteiger partial charge in [0.2, 0.25) is 5.91 Å². The molecule has 1 aliphatic heterocycles. The molecule has 0 bridgehead atoms. The molecule has 0 unspecified atom stereocenters. The second-order valence-electron chi connectivity index (χ2n) is 7.01. The van der Waals surface area contributed by atoms with Gasteiger partial charge in [-0.05, 0) is 24.3 Å². The Kier molecular flexibility index (Phi) is 5.65. The zero-order valence-electron chi connectivity index (χ0n) is 16.8. The molecule has 0 atom stereocenters. The van der Waals surface area contributed by atoms with Crippen molar-refractivity contribution in [3.63, 3.8) is 0 Å². The maximum Gasteiger partial charge on any atom is 0.246 e. The van der Waals surface area contributed by atoms with Gasteiger partial charge in [0.1, 0.15) is 29.2 Å². The molecule has 2 heterocycles. The van der Waals surface area contributed by atoms with Gasteiger partial charge >= 0.3 is 0 Å². The minimum atomic E-state index is -0.628. The first-order valence-corrected chi connectivity index (χ1v) is 9.99. The number of fused-ring (bicyclic) bond motifs is 1. The van der Waals surface area contributed by atoms with E-state index in [4.69, 9.17) is 16.3 Å². The van der Waals surface area contributed by atoms with Crippen molar-refractivity contribution in [1.82, 2.24) is 14.9 Å². The lowest BCUT2D eigenvalue weighted by atomic mass is 10.00. The van der Waals surface area contributed by atoms with Crippen LogP contribution in [0.25, 0.3) is 22.0 Å². The van der Waals surface area contributed by atoms with E-state index >= 15 is 0 Å². The number of phenolic OH excluding ortho intramolecular Hbond substituents is 1. The smallest absolute Gasteiger partial charge is 0.246 e. The third-order valence-corrected chi connectivity index (χ3v) is 5.62. The van der Waals surface area contributed by atoms with E-state index in [9.17, 15) is 14.3 Å². The summed E-state index contributed by atoms with van der Waals surface area (Å²) in [6.45, 7) is 5.73. The van der Waals surface area contributed by atoms with Crippen LogP contribution in [0.4, 0.5) is 10.2 Å². The number of amides is 1. The van der Waals surface area contributed by atoms with Crippen molar-refractivity contribution in [1.29, 1.82) is 0 Å². The summed E-state index contributed by atoms with van der Waals surface area (Å²) in [6, 6.07) is 5.68. The highest BCUT2D eigenvalue weighted by atomic mass is 35.5. The number of aromatic nitrogens is 2. The number of hydrogen-bond donors (Lipinski definition) is 1. The van der Waals surface area contributed by atoms with E-state index in [-0.39, 0.29) is 33.6 Å². The molecule has 9 heteroatoms. The first-order chi connectivity index (χ1) is 15.0. The first kappa shape index (κ1) is 20.9. The molecule has 0 aliphatic carbocycles. The minimum Gasteiger partial charge on any atom is -0.507 e. The molecule has 0 spiro atoms. The van der Waals surface area contributed by atoms with Crippen molar-refractivity contribution in [3.05, 3.63) is 54.1 Å². The molecule has 1 saturated heterocycles. The van der Waals surface area contributed by atoms with Gasteiger partial charge in [0.25, 0.3) is 0 Å². The number of carbonyl (C=O) groups is 1. The standard InChI is InChI=1S/C22H20ClFN4O3/c1-3-17(30)27-7-9-28(10-8-27)22-13-11-14(23)18(19-15(24)5-4-6-16(19)29)21(31-2)20(13)25-12-26-22/h3-6,11-12,29H,1,7-10H2,2H3. The molecule has 1 fully saturated rings. The number of carbonyl (C=O) groups excluding carboxylic acids is 1. The lowest BCUT2D eigenvalue weighted by molar-refractivity contribution is -0.126. The quantitative estimate of drug-likeness (QED) is 0.621. The summed E-state index contributed by atoms with van der Waals surface area (Å²) in [5.41, 5.74) is 0.612. The number of hydrogen-bond acceptors (Lipinski definition) is 6. The zero-order valence-corrected chi connectivity index (χ0v) is 17.6. The van der Waals surface area contributed by atoms with Crippen LogP contribution in [0.5, 0.6) is 11.5 Å². The van der Waals surface area contributed by atoms with Crippen LogP contribution in [0.2, 0.25) is 5.02 Å². The number of ether oxygens (including phenoxy) is 1. The van der Waals surface area contributed by atoms with Crippen molar-refractivity contribution in [3.8, 4) is 22.6 Å². The summed E-state index contributed by atoms with van der Waals surface area (Å²) in [6.07, 6.45) is 2.71. The maximum absolute atomic E-state index is 14.6. The molecule has 160 valence electrons. The Balaban J connectivity index is 1.83. The predicted octanol–water partition coefficient (Wildman–Crippen LogP) is 3.64. The first-order valence-electron chi connectivity index (χ1n) is 9.61. The van der Waals surface area contributed by atoms with Gasteiger partial charge < -0.3 is 19.6 Å². The highest BCUT2D eigenvalue weighted by Gasteiger charge is 2.26. The number of piperazine rings is 1. The van der Waals surface area contributed by atoms with Crippen LogP contribution in [0.3, 0.4) is 0 Å². The largest absolute Gasteiger partial charge is 0.507 e. The monoisotopic (exact) mass is 442 g/mol. The van der Waals surface area contributed by atoms with E-state index in [2.05, 4.69) is 16.5 Å². The number of phenols is 1. The number of halogens is 2. The van der Waals surface area contributed by atoms with Crippen LogP contribution < -0.4 is 9.64 Å². The number of anilines is 1. The van der Waals surface area contributed by atoms with Gasteiger partial charge in [-0.25, -0.2) is 14.4 Å². The molecule has 3 aromatic rings. The van der Waals surface area contributed by atoms with Gasteiger partial charge in [-0.1, -0.05) is 24.2 Å². The number of methoxy groups -OCH3 is 1. The Morgan fingerprint density at radius 3 is 2.65 bits per heavy atom. The van der Waals surface area contributed by atoms with Crippen molar-refractivity contribution >= 4 is 34.2 Å². The zero-order chi connectivity index (χ0) is 22.1. The predicted molar refractivity (Wildman–Crippen MR) is 117 cm³/mol. The average Bonchev–Trinajstić information content (AvgIpc) is 2.78. The molecule has 1 aliphatic rings. The van der Waals surface area contributed by atoms with E-state index in [0.29, 0.717) is 42.9 Å². The summed E-state index contributed by atoms with van der Waals surface area (Å²) in [5.74, 6) is -0.104. The number of aromatic hydroxyl groups is 1. The van der Waals surface area contributed by atoms with Crippen molar-refractivity contribution < 1.29 is 19.0 Å². The Hall–Kier alpha value is -3.39. The second kappa shape index (κ2) is 8.39. The summed E-state index contributed by atoms with van der Waals surface area (Å²) in [7, 11) is 1.44. The number of benzene rings is 2. The van der Waals surface area contributed by atoms with Gasteiger partial charge in [-0.15, -0.1) is 0 Å².